The summed E-state index contributed by atoms with van der Waals surface area (Å²) in [7, 11) is 3.95. The predicted octanol–water partition coefficient (Wildman–Crippen LogP) is 2.17. The summed E-state index contributed by atoms with van der Waals surface area (Å²) in [4.78, 5) is 2.34. The third-order valence-electron chi connectivity index (χ3n) is 3.33. The summed E-state index contributed by atoms with van der Waals surface area (Å²) in [6.45, 7) is 2.15. The summed E-state index contributed by atoms with van der Waals surface area (Å²) < 4.78 is 5.69. The Balaban J connectivity index is 2.05. The van der Waals surface area contributed by atoms with Gasteiger partial charge in [-0.25, -0.2) is 0 Å². The lowest BCUT2D eigenvalue weighted by Gasteiger charge is -2.40. The molecule has 16 heavy (non-hydrogen) atoms. The van der Waals surface area contributed by atoms with Gasteiger partial charge in [-0.2, -0.15) is 0 Å². The Morgan fingerprint density at radius 3 is 2.38 bits per heavy atom. The number of rotatable bonds is 3. The number of nitrogens with zero attached hydrogens (tertiary/aromatic N) is 1. The molecule has 1 saturated heterocycles. The van der Waals surface area contributed by atoms with Crippen LogP contribution in [0.15, 0.2) is 30.3 Å². The molecule has 0 atom stereocenters. The Kier molecular flexibility index (Phi) is 3.46. The maximum absolute atomic E-state index is 5.69. The van der Waals surface area contributed by atoms with E-state index in [1.54, 1.807) is 7.11 Å². The highest BCUT2D eigenvalue weighted by molar-refractivity contribution is 5.44. The van der Waals surface area contributed by atoms with Gasteiger partial charge in [0.1, 0.15) is 5.72 Å². The molecule has 1 aliphatic heterocycles. The Morgan fingerprint density at radius 1 is 1.19 bits per heavy atom. The number of likely N-dealkylation sites (tertiary alicyclic amines) is 1. The van der Waals surface area contributed by atoms with E-state index in [2.05, 4.69) is 29.4 Å². The number of nitrogens with one attached hydrogen (secondary N) is 1. The van der Waals surface area contributed by atoms with Gasteiger partial charge in [0.05, 0.1) is 0 Å². The topological polar surface area (TPSA) is 24.5 Å². The molecule has 1 N–H and O–H groups in total. The molecule has 1 heterocycles. The van der Waals surface area contributed by atoms with Gasteiger partial charge < -0.3 is 15.0 Å². The molecule has 1 aromatic rings. The lowest BCUT2D eigenvalue weighted by Crippen LogP contribution is -2.49. The number of methoxy groups -OCH3 is 1. The van der Waals surface area contributed by atoms with Gasteiger partial charge in [-0.05, 0) is 19.2 Å². The molecule has 0 spiro atoms. The van der Waals surface area contributed by atoms with Crippen molar-refractivity contribution in [3.63, 3.8) is 0 Å². The number of anilines is 1. The summed E-state index contributed by atoms with van der Waals surface area (Å²) >= 11 is 0. The first-order chi connectivity index (χ1) is 7.74. The number of hydrogen-bond acceptors (Lipinski definition) is 3. The molecule has 1 aliphatic rings. The average molecular weight is 220 g/mol. The van der Waals surface area contributed by atoms with Crippen LogP contribution < -0.4 is 5.32 Å². The zero-order valence-corrected chi connectivity index (χ0v) is 10.1. The molecular weight excluding hydrogens is 200 g/mol. The van der Waals surface area contributed by atoms with Crippen molar-refractivity contribution in [2.45, 2.75) is 18.6 Å². The van der Waals surface area contributed by atoms with E-state index >= 15 is 0 Å². The highest BCUT2D eigenvalue weighted by Crippen LogP contribution is 2.26. The predicted molar refractivity (Wildman–Crippen MR) is 66.5 cm³/mol. The van der Waals surface area contributed by atoms with Crippen LogP contribution in [0.3, 0.4) is 0 Å². The highest BCUT2D eigenvalue weighted by Gasteiger charge is 2.33. The molecule has 1 aromatic carbocycles. The number of ether oxygens (including phenoxy) is 1. The molecule has 3 heteroatoms. The first kappa shape index (κ1) is 11.4. The number of para-hydroxylation sites is 1. The highest BCUT2D eigenvalue weighted by atomic mass is 16.5. The van der Waals surface area contributed by atoms with Gasteiger partial charge in [0, 0.05) is 38.7 Å². The van der Waals surface area contributed by atoms with E-state index in [1.165, 1.54) is 0 Å². The fraction of sp³-hybridized carbons (Fsp3) is 0.538. The van der Waals surface area contributed by atoms with E-state index in [1.807, 2.05) is 18.2 Å². The zero-order valence-electron chi connectivity index (χ0n) is 10.1. The van der Waals surface area contributed by atoms with E-state index in [9.17, 15) is 0 Å². The molecular formula is C13H20N2O. The van der Waals surface area contributed by atoms with Gasteiger partial charge >= 0.3 is 0 Å². The summed E-state index contributed by atoms with van der Waals surface area (Å²) in [5, 5.41) is 3.52. The molecule has 88 valence electrons. The van der Waals surface area contributed by atoms with Gasteiger partial charge in [-0.1, -0.05) is 18.2 Å². The fourth-order valence-electron chi connectivity index (χ4n) is 2.14. The van der Waals surface area contributed by atoms with Crippen molar-refractivity contribution >= 4 is 5.69 Å². The van der Waals surface area contributed by atoms with Crippen molar-refractivity contribution in [1.82, 2.24) is 4.90 Å². The first-order valence-electron chi connectivity index (χ1n) is 5.81. The van der Waals surface area contributed by atoms with Crippen LogP contribution in [0.2, 0.25) is 0 Å². The second kappa shape index (κ2) is 4.85. The quantitative estimate of drug-likeness (QED) is 0.790. The van der Waals surface area contributed by atoms with Crippen molar-refractivity contribution < 1.29 is 4.74 Å². The third-order valence-corrected chi connectivity index (χ3v) is 3.33. The van der Waals surface area contributed by atoms with Gasteiger partial charge in [-0.15, -0.1) is 0 Å². The van der Waals surface area contributed by atoms with Gasteiger partial charge in [0.15, 0.2) is 0 Å². The van der Waals surface area contributed by atoms with E-state index in [-0.39, 0.29) is 5.72 Å². The maximum atomic E-state index is 5.69. The standard InChI is InChI=1S/C13H20N2O/c1-15-10-8-13(16-2,9-11-15)14-12-6-4-3-5-7-12/h3-7,14H,8-11H2,1-2H3. The molecule has 0 amide bonds. The average Bonchev–Trinajstić information content (AvgIpc) is 2.34. The maximum Gasteiger partial charge on any atom is 0.140 e. The lowest BCUT2D eigenvalue weighted by molar-refractivity contribution is -0.0306. The molecule has 0 aliphatic carbocycles. The van der Waals surface area contributed by atoms with Crippen LogP contribution in [-0.4, -0.2) is 37.9 Å². The van der Waals surface area contributed by atoms with Crippen LogP contribution in [0, 0.1) is 0 Å². The number of hydrogen-bond donors (Lipinski definition) is 1. The Labute approximate surface area is 97.4 Å². The summed E-state index contributed by atoms with van der Waals surface area (Å²) in [6, 6.07) is 10.3. The van der Waals surface area contributed by atoms with Crippen molar-refractivity contribution in [3.8, 4) is 0 Å². The minimum atomic E-state index is -0.187. The van der Waals surface area contributed by atoms with Crippen LogP contribution in [0.4, 0.5) is 5.69 Å². The van der Waals surface area contributed by atoms with Crippen molar-refractivity contribution in [1.29, 1.82) is 0 Å². The molecule has 1 fully saturated rings. The summed E-state index contributed by atoms with van der Waals surface area (Å²) in [6.07, 6.45) is 2.05. The van der Waals surface area contributed by atoms with Crippen LogP contribution in [0.25, 0.3) is 0 Å². The van der Waals surface area contributed by atoms with Crippen LogP contribution >= 0.6 is 0 Å². The summed E-state index contributed by atoms with van der Waals surface area (Å²) in [5.41, 5.74) is 0.947. The van der Waals surface area contributed by atoms with Crippen molar-refractivity contribution in [3.05, 3.63) is 30.3 Å². The molecule has 0 bridgehead atoms. The Morgan fingerprint density at radius 2 is 1.81 bits per heavy atom. The van der Waals surface area contributed by atoms with Crippen molar-refractivity contribution in [2.24, 2.45) is 0 Å². The minimum absolute atomic E-state index is 0.187. The minimum Gasteiger partial charge on any atom is -0.359 e. The largest absolute Gasteiger partial charge is 0.359 e. The van der Waals surface area contributed by atoms with Crippen molar-refractivity contribution in [2.75, 3.05) is 32.6 Å². The number of piperidine rings is 1. The number of benzene rings is 1. The van der Waals surface area contributed by atoms with E-state index in [4.69, 9.17) is 4.74 Å². The molecule has 2 rings (SSSR count). The van der Waals surface area contributed by atoms with Crippen LogP contribution in [-0.2, 0) is 4.74 Å². The monoisotopic (exact) mass is 220 g/mol. The second-order valence-electron chi connectivity index (χ2n) is 4.49. The SMILES string of the molecule is COC1(Nc2ccccc2)CCN(C)CC1. The zero-order chi connectivity index (χ0) is 11.4. The summed E-state index contributed by atoms with van der Waals surface area (Å²) in [5.74, 6) is 0. The molecule has 0 aromatic heterocycles. The van der Waals surface area contributed by atoms with Crippen LogP contribution in [0.5, 0.6) is 0 Å². The van der Waals surface area contributed by atoms with E-state index in [0.29, 0.717) is 0 Å². The van der Waals surface area contributed by atoms with Gasteiger partial charge in [0.25, 0.3) is 0 Å². The molecule has 3 nitrogen and oxygen atoms in total. The normalized spacial score (nSPS) is 20.6. The van der Waals surface area contributed by atoms with Crippen LogP contribution in [0.1, 0.15) is 12.8 Å². The second-order valence-corrected chi connectivity index (χ2v) is 4.49. The van der Waals surface area contributed by atoms with Gasteiger partial charge in [0.2, 0.25) is 0 Å². The molecule has 0 unspecified atom stereocenters. The third kappa shape index (κ3) is 2.54. The smallest absolute Gasteiger partial charge is 0.140 e. The molecule has 0 saturated carbocycles. The van der Waals surface area contributed by atoms with E-state index in [0.717, 1.165) is 31.6 Å². The van der Waals surface area contributed by atoms with E-state index < -0.39 is 0 Å². The lowest BCUT2D eigenvalue weighted by atomic mass is 10.00. The first-order valence-corrected chi connectivity index (χ1v) is 5.81. The Bertz CT molecular complexity index is 318. The fourth-order valence-corrected chi connectivity index (χ4v) is 2.14. The van der Waals surface area contributed by atoms with Gasteiger partial charge in [-0.3, -0.25) is 0 Å². The molecule has 0 radical (unpaired) electrons. The Hall–Kier alpha value is -1.06.